The van der Waals surface area contributed by atoms with Gasteiger partial charge in [0.1, 0.15) is 17.3 Å². The van der Waals surface area contributed by atoms with Crippen LogP contribution in [-0.2, 0) is 21.4 Å². The summed E-state index contributed by atoms with van der Waals surface area (Å²) in [6.45, 7) is 0.379. The third-order valence-electron chi connectivity index (χ3n) is 7.31. The Morgan fingerprint density at radius 3 is 2.59 bits per heavy atom. The molecule has 1 aromatic heterocycles. The fourth-order valence-electron chi connectivity index (χ4n) is 5.27. The third-order valence-corrected chi connectivity index (χ3v) is 9.24. The van der Waals surface area contributed by atoms with Crippen LogP contribution in [0.2, 0.25) is 0 Å². The summed E-state index contributed by atoms with van der Waals surface area (Å²) in [6.07, 6.45) is 1.94. The zero-order valence-electron chi connectivity index (χ0n) is 20.5. The number of nitrogens with zero attached hydrogens (tertiary/aromatic N) is 3. The molecule has 198 valence electrons. The van der Waals surface area contributed by atoms with Crippen LogP contribution in [-0.4, -0.2) is 60.2 Å². The second-order valence-electron chi connectivity index (χ2n) is 9.66. The van der Waals surface area contributed by atoms with E-state index in [4.69, 9.17) is 9.15 Å². The largest absolute Gasteiger partial charge is 0.497 e. The molecule has 37 heavy (non-hydrogen) atoms. The minimum absolute atomic E-state index is 0.0765. The second-order valence-corrected chi connectivity index (χ2v) is 11.5. The van der Waals surface area contributed by atoms with Crippen molar-refractivity contribution in [2.45, 2.75) is 68.0 Å². The van der Waals surface area contributed by atoms with Crippen LogP contribution >= 0.6 is 0 Å². The first-order valence-corrected chi connectivity index (χ1v) is 13.8. The predicted octanol–water partition coefficient (Wildman–Crippen LogP) is 4.60. The van der Waals surface area contributed by atoms with Crippen LogP contribution in [0.3, 0.4) is 0 Å². The first kappa shape index (κ1) is 25.6. The van der Waals surface area contributed by atoms with Crippen LogP contribution in [0.25, 0.3) is 11.1 Å². The maximum Gasteiger partial charge on any atom is 0.248 e. The van der Waals surface area contributed by atoms with Crippen molar-refractivity contribution in [1.82, 2.24) is 14.2 Å². The Balaban J connectivity index is 1.43. The number of halogens is 2. The molecule has 2 aromatic carbocycles. The highest BCUT2D eigenvalue weighted by Crippen LogP contribution is 2.37. The Morgan fingerprint density at radius 1 is 1.16 bits per heavy atom. The van der Waals surface area contributed by atoms with Gasteiger partial charge in [0.2, 0.25) is 21.9 Å². The molecule has 5 rings (SSSR count). The molecule has 2 aliphatic rings. The molecule has 0 N–H and O–H groups in total. The Hall–Kier alpha value is -3.05. The van der Waals surface area contributed by atoms with E-state index in [0.717, 1.165) is 5.56 Å². The van der Waals surface area contributed by atoms with E-state index in [9.17, 15) is 22.0 Å². The standard InChI is InChI=1S/C26H29F2N3O5S/c1-35-20-5-7-21(8-6-20)37(33,34)31-14-2-3-23(31)25(32)30(19-10-12-26(27,28)13-11-19)16-18-4-9-22-24(15-18)36-17-29-22/h4-9,15,17,19,23H,2-3,10-14,16H2,1H3/t23-/m0/s1. The van der Waals surface area contributed by atoms with Gasteiger partial charge in [-0.3, -0.25) is 4.79 Å². The molecule has 1 amide bonds. The number of carbonyl (C=O) groups is 1. The lowest BCUT2D eigenvalue weighted by Crippen LogP contribution is -2.52. The number of fused-ring (bicyclic) bond motifs is 1. The lowest BCUT2D eigenvalue weighted by molar-refractivity contribution is -0.141. The lowest BCUT2D eigenvalue weighted by atomic mass is 9.90. The monoisotopic (exact) mass is 533 g/mol. The molecular weight excluding hydrogens is 504 g/mol. The normalized spacial score (nSPS) is 20.8. The second kappa shape index (κ2) is 10.0. The molecule has 11 heteroatoms. The number of alkyl halides is 2. The maximum atomic E-state index is 14.0. The molecule has 1 aliphatic heterocycles. The minimum atomic E-state index is -3.95. The summed E-state index contributed by atoms with van der Waals surface area (Å²) >= 11 is 0. The zero-order valence-corrected chi connectivity index (χ0v) is 21.3. The number of oxazole rings is 1. The molecule has 0 spiro atoms. The Kier molecular flexibility index (Phi) is 6.93. The molecule has 2 fully saturated rings. The zero-order chi connectivity index (χ0) is 26.2. The number of sulfonamides is 1. The summed E-state index contributed by atoms with van der Waals surface area (Å²) < 4.78 is 66.7. The number of hydrogen-bond acceptors (Lipinski definition) is 6. The van der Waals surface area contributed by atoms with Crippen LogP contribution in [0.4, 0.5) is 8.78 Å². The lowest BCUT2D eigenvalue weighted by Gasteiger charge is -2.39. The topological polar surface area (TPSA) is 93.0 Å². The van der Waals surface area contributed by atoms with Gasteiger partial charge in [0.25, 0.3) is 0 Å². The smallest absolute Gasteiger partial charge is 0.248 e. The van der Waals surface area contributed by atoms with Crippen LogP contribution in [0.5, 0.6) is 5.75 Å². The van der Waals surface area contributed by atoms with E-state index in [2.05, 4.69) is 4.98 Å². The first-order valence-electron chi connectivity index (χ1n) is 12.3. The summed E-state index contributed by atoms with van der Waals surface area (Å²) in [4.78, 5) is 19.8. The fraction of sp³-hybridized carbons (Fsp3) is 0.462. The van der Waals surface area contributed by atoms with Gasteiger partial charge in [-0.25, -0.2) is 22.2 Å². The highest BCUT2D eigenvalue weighted by atomic mass is 32.2. The molecule has 1 saturated heterocycles. The molecule has 2 heterocycles. The molecule has 8 nitrogen and oxygen atoms in total. The van der Waals surface area contributed by atoms with Crippen LogP contribution in [0.15, 0.2) is 58.2 Å². The van der Waals surface area contributed by atoms with Crippen molar-refractivity contribution < 1.29 is 31.1 Å². The van der Waals surface area contributed by atoms with Crippen molar-refractivity contribution in [3.8, 4) is 5.75 Å². The van der Waals surface area contributed by atoms with Crippen molar-refractivity contribution in [1.29, 1.82) is 0 Å². The summed E-state index contributed by atoms with van der Waals surface area (Å²) in [6, 6.07) is 10.1. The number of ether oxygens (including phenoxy) is 1. The molecule has 1 aliphatic carbocycles. The maximum absolute atomic E-state index is 14.0. The van der Waals surface area contributed by atoms with Crippen molar-refractivity contribution in [3.63, 3.8) is 0 Å². The van der Waals surface area contributed by atoms with Crippen LogP contribution in [0, 0.1) is 0 Å². The van der Waals surface area contributed by atoms with Crippen molar-refractivity contribution in [2.24, 2.45) is 0 Å². The van der Waals surface area contributed by atoms with Crippen LogP contribution < -0.4 is 4.74 Å². The predicted molar refractivity (Wildman–Crippen MR) is 132 cm³/mol. The molecule has 0 radical (unpaired) electrons. The molecular formula is C26H29F2N3O5S. The highest BCUT2D eigenvalue weighted by Gasteiger charge is 2.44. The fourth-order valence-corrected chi connectivity index (χ4v) is 6.92. The summed E-state index contributed by atoms with van der Waals surface area (Å²) in [5, 5.41) is 0. The molecule has 1 saturated carbocycles. The van der Waals surface area contributed by atoms with Crippen molar-refractivity contribution in [3.05, 3.63) is 54.4 Å². The number of rotatable bonds is 7. The van der Waals surface area contributed by atoms with Gasteiger partial charge in [0.05, 0.1) is 12.0 Å². The summed E-state index contributed by atoms with van der Waals surface area (Å²) in [7, 11) is -2.45. The Morgan fingerprint density at radius 2 is 1.89 bits per heavy atom. The van der Waals surface area contributed by atoms with E-state index < -0.39 is 28.0 Å². The van der Waals surface area contributed by atoms with E-state index >= 15 is 0 Å². The molecule has 1 atom stereocenters. The van der Waals surface area contributed by atoms with Gasteiger partial charge in [0.15, 0.2) is 12.0 Å². The number of hydrogen-bond donors (Lipinski definition) is 0. The van der Waals surface area contributed by atoms with Gasteiger partial charge in [-0.05, 0) is 67.6 Å². The molecule has 0 bridgehead atoms. The van der Waals surface area contributed by atoms with Crippen LogP contribution in [0.1, 0.15) is 44.1 Å². The van der Waals surface area contributed by atoms with Gasteiger partial charge < -0.3 is 14.1 Å². The van der Waals surface area contributed by atoms with Crippen molar-refractivity contribution in [2.75, 3.05) is 13.7 Å². The molecule has 3 aromatic rings. The van der Waals surface area contributed by atoms with E-state index in [1.165, 1.54) is 29.9 Å². The van der Waals surface area contributed by atoms with E-state index in [1.54, 1.807) is 29.2 Å². The third kappa shape index (κ3) is 5.19. The van der Waals surface area contributed by atoms with Gasteiger partial charge in [-0.2, -0.15) is 4.31 Å². The quantitative estimate of drug-likeness (QED) is 0.441. The number of benzene rings is 2. The van der Waals surface area contributed by atoms with E-state index in [-0.39, 0.29) is 49.6 Å². The summed E-state index contributed by atoms with van der Waals surface area (Å²) in [5.41, 5.74) is 1.99. The average molecular weight is 534 g/mol. The Bertz CT molecular complexity index is 1370. The van der Waals surface area contributed by atoms with Crippen molar-refractivity contribution >= 4 is 27.0 Å². The highest BCUT2D eigenvalue weighted by molar-refractivity contribution is 7.89. The SMILES string of the molecule is COc1ccc(S(=O)(=O)N2CCC[C@H]2C(=O)N(Cc2ccc3ncoc3c2)C2CCC(F)(F)CC2)cc1. The number of carbonyl (C=O) groups excluding carboxylic acids is 1. The van der Waals surface area contributed by atoms with Gasteiger partial charge in [0, 0.05) is 32.0 Å². The van der Waals surface area contributed by atoms with Gasteiger partial charge >= 0.3 is 0 Å². The number of amides is 1. The first-order chi connectivity index (χ1) is 17.7. The van der Waals surface area contributed by atoms with E-state index in [0.29, 0.717) is 29.7 Å². The van der Waals surface area contributed by atoms with Gasteiger partial charge in [-0.1, -0.05) is 6.07 Å². The average Bonchev–Trinajstić information content (AvgIpc) is 3.57. The number of methoxy groups -OCH3 is 1. The molecule has 0 unspecified atom stereocenters. The minimum Gasteiger partial charge on any atom is -0.497 e. The van der Waals surface area contributed by atoms with Gasteiger partial charge in [-0.15, -0.1) is 0 Å². The summed E-state index contributed by atoms with van der Waals surface area (Å²) in [5.74, 6) is -2.58. The number of aromatic nitrogens is 1. The Labute approximate surface area is 214 Å². The van der Waals surface area contributed by atoms with E-state index in [1.807, 2.05) is 6.07 Å².